The maximum absolute atomic E-state index is 13.7. The van der Waals surface area contributed by atoms with Crippen molar-refractivity contribution in [2.75, 3.05) is 0 Å². The van der Waals surface area contributed by atoms with Crippen molar-refractivity contribution in [1.82, 2.24) is 0 Å². The van der Waals surface area contributed by atoms with Gasteiger partial charge >= 0.3 is 11.9 Å². The van der Waals surface area contributed by atoms with Crippen molar-refractivity contribution < 1.29 is 46.1 Å². The van der Waals surface area contributed by atoms with Crippen LogP contribution in [0.2, 0.25) is 0 Å². The summed E-state index contributed by atoms with van der Waals surface area (Å²) in [4.78, 5) is 37.2. The van der Waals surface area contributed by atoms with E-state index in [0.717, 1.165) is 49.7 Å². The van der Waals surface area contributed by atoms with Crippen LogP contribution in [0.3, 0.4) is 0 Å². The van der Waals surface area contributed by atoms with Crippen molar-refractivity contribution in [3.63, 3.8) is 0 Å². The monoisotopic (exact) mass is 771 g/mol. The molecule has 0 bridgehead atoms. The Morgan fingerprint density at radius 1 is 0.642 bits per heavy atom. The first-order valence-electron chi connectivity index (χ1n) is 19.1. The Balaban J connectivity index is 0.00000756. The number of hydrogen-bond donors (Lipinski definition) is 2. The van der Waals surface area contributed by atoms with Crippen molar-refractivity contribution >= 4 is 24.4 Å². The van der Waals surface area contributed by atoms with Gasteiger partial charge in [-0.2, -0.15) is 0 Å². The molecule has 2 aliphatic carbocycles. The number of ether oxygens (including phenoxy) is 2. The zero-order chi connectivity index (χ0) is 37.9. The third kappa shape index (κ3) is 12.2. The zero-order valence-corrected chi connectivity index (χ0v) is 33.7. The van der Waals surface area contributed by atoms with Gasteiger partial charge in [0.25, 0.3) is 0 Å². The average Bonchev–Trinajstić information content (AvgIpc) is 3.09. The minimum Gasteiger partial charge on any atom is -0.512 e. The summed E-state index contributed by atoms with van der Waals surface area (Å²) in [5.41, 5.74) is 1.57. The molecule has 2 aromatic carbocycles. The number of aliphatic hydroxyl groups is 2. The van der Waals surface area contributed by atoms with E-state index in [4.69, 9.17) is 19.5 Å². The Kier molecular flexibility index (Phi) is 17.1. The molecule has 0 spiro atoms. The van der Waals surface area contributed by atoms with Gasteiger partial charge < -0.3 is 19.7 Å². The molecule has 0 aromatic heterocycles. The first kappa shape index (κ1) is 43.7. The van der Waals surface area contributed by atoms with E-state index in [-0.39, 0.29) is 63.5 Å². The summed E-state index contributed by atoms with van der Waals surface area (Å²) in [5, 5.41) is 21.5. The number of hydrogen-bond acceptors (Lipinski definition) is 8. The molecule has 53 heavy (non-hydrogen) atoms. The third-order valence-electron chi connectivity index (χ3n) is 11.0. The Labute approximate surface area is 327 Å². The molecule has 2 N–H and O–H groups in total. The molecule has 2 aliphatic rings. The molecular weight excluding hydrogens is 711 g/mol. The number of esters is 2. The van der Waals surface area contributed by atoms with Gasteiger partial charge in [0.15, 0.2) is 0 Å². The van der Waals surface area contributed by atoms with Gasteiger partial charge in [0.1, 0.15) is 47.0 Å². The van der Waals surface area contributed by atoms with E-state index in [0.29, 0.717) is 23.7 Å². The molecule has 8 nitrogen and oxygen atoms in total. The van der Waals surface area contributed by atoms with Crippen molar-refractivity contribution in [2.45, 2.75) is 118 Å². The minimum atomic E-state index is -0.680. The number of nitrogens with zero attached hydrogens (tertiary/aromatic N) is 2. The first-order valence-corrected chi connectivity index (χ1v) is 19.1. The fourth-order valence-electron chi connectivity index (χ4n) is 7.80. The van der Waals surface area contributed by atoms with E-state index in [1.165, 1.54) is 26.3 Å². The van der Waals surface area contributed by atoms with Crippen LogP contribution in [0.5, 0.6) is 0 Å². The summed E-state index contributed by atoms with van der Waals surface area (Å²) in [6.45, 7) is 15.9. The standard InChI is InChI=1S/C44H60N2O6.Co/c1-27(2)35-21-19-29(5)23-39(35)51-43(49)37(31(7)47)25-45-41(33-15-11-9-12-16-33)42(34-17-13-10-14-18-34)46-26-38(32(8)48)44(50)52-40-24-30(6)20-22-36(40)28(3)4;/h9-18,25-30,35-36,39-42,47-48H,19-24H2,1-8H3;/b37-31+,38-32+,45-25?,46-26?;/t29-,30-,35+,36+,39-,40-,41+,42+;/m0./s1. The molecule has 0 heterocycles. The third-order valence-corrected chi connectivity index (χ3v) is 11.0. The molecule has 8 atom stereocenters. The second-order valence-electron chi connectivity index (χ2n) is 15.8. The average molecular weight is 772 g/mol. The number of allylic oxidation sites excluding steroid dienone is 2. The second kappa shape index (κ2) is 20.7. The van der Waals surface area contributed by atoms with E-state index < -0.39 is 24.0 Å². The smallest absolute Gasteiger partial charge is 0.343 e. The van der Waals surface area contributed by atoms with E-state index in [9.17, 15) is 19.8 Å². The number of carbonyl (C=O) groups is 2. The Hall–Kier alpha value is -3.69. The Morgan fingerprint density at radius 3 is 1.28 bits per heavy atom. The van der Waals surface area contributed by atoms with Crippen molar-refractivity contribution in [2.24, 2.45) is 45.5 Å². The number of rotatable bonds is 13. The summed E-state index contributed by atoms with van der Waals surface area (Å²) in [6, 6.07) is 17.8. The molecule has 2 saturated carbocycles. The van der Waals surface area contributed by atoms with Crippen LogP contribution in [0.1, 0.15) is 117 Å². The van der Waals surface area contributed by atoms with Crippen LogP contribution in [-0.4, -0.2) is 46.8 Å². The van der Waals surface area contributed by atoms with Crippen LogP contribution in [0.25, 0.3) is 0 Å². The van der Waals surface area contributed by atoms with E-state index in [1.54, 1.807) is 0 Å². The molecule has 2 fully saturated rings. The fraction of sp³-hybridized carbons (Fsp3) is 0.545. The van der Waals surface area contributed by atoms with Gasteiger partial charge in [0, 0.05) is 29.2 Å². The Morgan fingerprint density at radius 2 is 0.981 bits per heavy atom. The van der Waals surface area contributed by atoms with Crippen LogP contribution in [-0.2, 0) is 35.8 Å². The minimum absolute atomic E-state index is 0. The first-order chi connectivity index (χ1) is 24.8. The summed E-state index contributed by atoms with van der Waals surface area (Å²) < 4.78 is 12.2. The summed E-state index contributed by atoms with van der Waals surface area (Å²) in [6.07, 6.45) is 8.02. The molecule has 2 aromatic rings. The van der Waals surface area contributed by atoms with Crippen molar-refractivity contribution in [3.05, 3.63) is 94.5 Å². The number of aliphatic hydroxyl groups excluding tert-OH is 2. The fourth-order valence-corrected chi connectivity index (χ4v) is 7.80. The largest absolute Gasteiger partial charge is 0.512 e. The van der Waals surface area contributed by atoms with Gasteiger partial charge in [-0.3, -0.25) is 9.98 Å². The van der Waals surface area contributed by atoms with Crippen LogP contribution in [0.15, 0.2) is 93.3 Å². The van der Waals surface area contributed by atoms with Crippen molar-refractivity contribution in [1.29, 1.82) is 0 Å². The molecule has 291 valence electrons. The maximum Gasteiger partial charge on any atom is 0.343 e. The van der Waals surface area contributed by atoms with Gasteiger partial charge in [-0.05, 0) is 86.2 Å². The predicted octanol–water partition coefficient (Wildman–Crippen LogP) is 10.3. The van der Waals surface area contributed by atoms with Crippen LogP contribution >= 0.6 is 0 Å². The molecule has 0 amide bonds. The van der Waals surface area contributed by atoms with Gasteiger partial charge in [-0.25, -0.2) is 9.59 Å². The zero-order valence-electron chi connectivity index (χ0n) is 32.7. The number of benzene rings is 2. The molecule has 1 radical (unpaired) electrons. The molecule has 4 rings (SSSR count). The van der Waals surface area contributed by atoms with Crippen LogP contribution in [0, 0.1) is 35.5 Å². The van der Waals surface area contributed by atoms with E-state index in [1.807, 2.05) is 60.7 Å². The van der Waals surface area contributed by atoms with Gasteiger partial charge in [-0.1, -0.05) is 115 Å². The van der Waals surface area contributed by atoms with Gasteiger partial charge in [0.2, 0.25) is 0 Å². The summed E-state index contributed by atoms with van der Waals surface area (Å²) in [5.74, 6) is 0.486. The molecule has 0 saturated heterocycles. The summed E-state index contributed by atoms with van der Waals surface area (Å²) in [7, 11) is 0. The van der Waals surface area contributed by atoms with Crippen LogP contribution in [0.4, 0.5) is 0 Å². The Bertz CT molecular complexity index is 1470. The predicted molar refractivity (Wildman–Crippen MR) is 208 cm³/mol. The quantitative estimate of drug-likeness (QED) is 0.0906. The molecular formula is C44H60CoN2O6. The normalized spacial score (nSPS) is 25.7. The van der Waals surface area contributed by atoms with Gasteiger partial charge in [-0.15, -0.1) is 0 Å². The topological polar surface area (TPSA) is 118 Å². The van der Waals surface area contributed by atoms with Crippen LogP contribution < -0.4 is 0 Å². The SMILES string of the molecule is C/C(O)=C(/C=N[C@H](c1ccccc1)[C@H](N=C/C(C(=O)O[C@H]1C[C@@H](C)CC[C@@H]1C(C)C)=C(/C)O)c1ccccc1)C(=O)O[C@H]1C[C@@H](C)CC[C@@H]1C(C)C.[Co]. The van der Waals surface area contributed by atoms with Gasteiger partial charge in [0.05, 0.1) is 0 Å². The maximum atomic E-state index is 13.7. The summed E-state index contributed by atoms with van der Waals surface area (Å²) >= 11 is 0. The number of aliphatic imine (C=N–C) groups is 2. The van der Waals surface area contributed by atoms with E-state index in [2.05, 4.69) is 41.5 Å². The number of carbonyl (C=O) groups excluding carboxylic acids is 2. The van der Waals surface area contributed by atoms with E-state index >= 15 is 0 Å². The molecule has 0 aliphatic heterocycles. The molecule has 0 unspecified atom stereocenters. The van der Waals surface area contributed by atoms with Crippen molar-refractivity contribution in [3.8, 4) is 0 Å². The molecule has 9 heteroatoms. The second-order valence-corrected chi connectivity index (χ2v) is 15.8.